The Morgan fingerprint density at radius 3 is 2.74 bits per heavy atom. The Balaban J connectivity index is 1.59. The van der Waals surface area contributed by atoms with Gasteiger partial charge >= 0.3 is 0 Å². The van der Waals surface area contributed by atoms with Crippen molar-refractivity contribution in [1.29, 1.82) is 0 Å². The minimum atomic E-state index is -0.800. The lowest BCUT2D eigenvalue weighted by molar-refractivity contribution is -0.128. The summed E-state index contributed by atoms with van der Waals surface area (Å²) in [6.07, 6.45) is -0.800. The molecule has 0 aromatic heterocycles. The monoisotopic (exact) mass is 390 g/mol. The number of nitrogens with one attached hydrogen (secondary N) is 2. The van der Waals surface area contributed by atoms with Crippen molar-refractivity contribution in [3.05, 3.63) is 52.0 Å². The fraction of sp³-hybridized carbons (Fsp3) is 0.263. The van der Waals surface area contributed by atoms with Crippen LogP contribution in [-0.4, -0.2) is 24.7 Å². The van der Waals surface area contributed by atoms with Crippen LogP contribution in [0.25, 0.3) is 0 Å². The zero-order chi connectivity index (χ0) is 19.6. The van der Waals surface area contributed by atoms with Gasteiger partial charge < -0.3 is 14.2 Å². The number of benzene rings is 2. The Labute approximate surface area is 161 Å². The molecule has 0 spiro atoms. The molecule has 142 valence electrons. The van der Waals surface area contributed by atoms with E-state index in [4.69, 9.17) is 25.8 Å². The van der Waals surface area contributed by atoms with Crippen molar-refractivity contribution in [3.8, 4) is 17.2 Å². The predicted molar refractivity (Wildman–Crippen MR) is 99.2 cm³/mol. The topological polar surface area (TPSA) is 85.9 Å². The SMILES string of the molecule is Cc1cccc(O[C@@H](C)C(=O)NNC(=O)c2cc(Cl)c3c(c2)OCO3)c1C. The molecule has 8 heteroatoms. The highest BCUT2D eigenvalue weighted by atomic mass is 35.5. The van der Waals surface area contributed by atoms with Gasteiger partial charge in [-0.3, -0.25) is 20.4 Å². The molecular weight excluding hydrogens is 372 g/mol. The van der Waals surface area contributed by atoms with Crippen molar-refractivity contribution < 1.29 is 23.8 Å². The molecule has 1 aliphatic heterocycles. The van der Waals surface area contributed by atoms with E-state index >= 15 is 0 Å². The summed E-state index contributed by atoms with van der Waals surface area (Å²) in [6.45, 7) is 5.52. The third kappa shape index (κ3) is 4.09. The van der Waals surface area contributed by atoms with Gasteiger partial charge in [0.25, 0.3) is 11.8 Å². The van der Waals surface area contributed by atoms with Gasteiger partial charge in [0.1, 0.15) is 5.75 Å². The highest BCUT2D eigenvalue weighted by Crippen LogP contribution is 2.39. The lowest BCUT2D eigenvalue weighted by Gasteiger charge is -2.17. The van der Waals surface area contributed by atoms with Gasteiger partial charge in [-0.25, -0.2) is 0 Å². The van der Waals surface area contributed by atoms with Crippen LogP contribution in [0.4, 0.5) is 0 Å². The molecule has 2 aromatic carbocycles. The van der Waals surface area contributed by atoms with E-state index in [0.29, 0.717) is 17.2 Å². The summed E-state index contributed by atoms with van der Waals surface area (Å²) in [5.74, 6) is 0.364. The summed E-state index contributed by atoms with van der Waals surface area (Å²) >= 11 is 6.06. The number of carbonyl (C=O) groups excluding carboxylic acids is 2. The first-order valence-electron chi connectivity index (χ1n) is 8.29. The molecule has 2 amide bonds. The molecule has 0 bridgehead atoms. The van der Waals surface area contributed by atoms with E-state index in [0.717, 1.165) is 11.1 Å². The maximum Gasteiger partial charge on any atom is 0.279 e. The number of ether oxygens (including phenoxy) is 3. The summed E-state index contributed by atoms with van der Waals surface area (Å²) in [7, 11) is 0. The van der Waals surface area contributed by atoms with Crippen molar-refractivity contribution in [2.24, 2.45) is 0 Å². The van der Waals surface area contributed by atoms with E-state index in [1.165, 1.54) is 12.1 Å². The number of aryl methyl sites for hydroxylation is 1. The van der Waals surface area contributed by atoms with Crippen molar-refractivity contribution in [3.63, 3.8) is 0 Å². The predicted octanol–water partition coefficient (Wildman–Crippen LogP) is 2.91. The molecule has 1 aliphatic rings. The fourth-order valence-electron chi connectivity index (χ4n) is 2.49. The summed E-state index contributed by atoms with van der Waals surface area (Å²) < 4.78 is 16.1. The first-order chi connectivity index (χ1) is 12.9. The van der Waals surface area contributed by atoms with Crippen molar-refractivity contribution in [1.82, 2.24) is 10.9 Å². The van der Waals surface area contributed by atoms with Gasteiger partial charge in [0.15, 0.2) is 17.6 Å². The first kappa shape index (κ1) is 18.8. The van der Waals surface area contributed by atoms with E-state index in [1.54, 1.807) is 13.0 Å². The highest BCUT2D eigenvalue weighted by molar-refractivity contribution is 6.32. The number of hydrogen-bond acceptors (Lipinski definition) is 5. The number of amides is 2. The van der Waals surface area contributed by atoms with Gasteiger partial charge in [0, 0.05) is 5.56 Å². The molecule has 2 N–H and O–H groups in total. The van der Waals surface area contributed by atoms with Gasteiger partial charge in [-0.15, -0.1) is 0 Å². The van der Waals surface area contributed by atoms with Gasteiger partial charge in [0.05, 0.1) is 5.02 Å². The van der Waals surface area contributed by atoms with Gasteiger partial charge in [-0.2, -0.15) is 0 Å². The second-order valence-electron chi connectivity index (χ2n) is 6.09. The van der Waals surface area contributed by atoms with E-state index in [9.17, 15) is 9.59 Å². The number of hydrogen-bond donors (Lipinski definition) is 2. The van der Waals surface area contributed by atoms with Crippen molar-refractivity contribution in [2.45, 2.75) is 26.9 Å². The summed E-state index contributed by atoms with van der Waals surface area (Å²) in [4.78, 5) is 24.5. The molecule has 0 saturated carbocycles. The van der Waals surface area contributed by atoms with Crippen LogP contribution >= 0.6 is 11.6 Å². The maximum absolute atomic E-state index is 12.3. The Hall–Kier alpha value is -2.93. The number of rotatable bonds is 4. The van der Waals surface area contributed by atoms with E-state index in [2.05, 4.69) is 10.9 Å². The minimum absolute atomic E-state index is 0.0457. The van der Waals surface area contributed by atoms with Crippen LogP contribution in [0.1, 0.15) is 28.4 Å². The van der Waals surface area contributed by atoms with Crippen LogP contribution in [0.2, 0.25) is 5.02 Å². The van der Waals surface area contributed by atoms with Gasteiger partial charge in [-0.1, -0.05) is 23.7 Å². The Morgan fingerprint density at radius 2 is 1.96 bits per heavy atom. The summed E-state index contributed by atoms with van der Waals surface area (Å²) in [5.41, 5.74) is 6.93. The molecular formula is C19H19ClN2O5. The lowest BCUT2D eigenvalue weighted by atomic mass is 10.1. The zero-order valence-corrected chi connectivity index (χ0v) is 15.8. The molecule has 1 heterocycles. The second-order valence-corrected chi connectivity index (χ2v) is 6.50. The van der Waals surface area contributed by atoms with E-state index in [1.807, 2.05) is 26.0 Å². The normalized spacial score (nSPS) is 13.0. The number of hydrazine groups is 1. The standard InChI is InChI=1S/C19H19ClN2O5/c1-10-5-4-6-15(11(10)2)27-12(3)18(23)21-22-19(24)13-7-14(20)17-16(8-13)25-9-26-17/h4-8,12H,9H2,1-3H3,(H,21,23)(H,22,24)/t12-/m0/s1. The lowest BCUT2D eigenvalue weighted by Crippen LogP contribution is -2.47. The van der Waals surface area contributed by atoms with Crippen LogP contribution in [0.5, 0.6) is 17.2 Å². The summed E-state index contributed by atoms with van der Waals surface area (Å²) in [6, 6.07) is 8.54. The Kier molecular flexibility index (Phi) is 5.41. The molecule has 0 saturated heterocycles. The molecule has 0 fully saturated rings. The van der Waals surface area contributed by atoms with Crippen LogP contribution in [0, 0.1) is 13.8 Å². The maximum atomic E-state index is 12.3. The van der Waals surface area contributed by atoms with Crippen LogP contribution in [-0.2, 0) is 4.79 Å². The smallest absolute Gasteiger partial charge is 0.279 e. The average Bonchev–Trinajstić information content (AvgIpc) is 3.12. The van der Waals surface area contributed by atoms with Crippen molar-refractivity contribution >= 4 is 23.4 Å². The molecule has 2 aromatic rings. The van der Waals surface area contributed by atoms with Crippen LogP contribution < -0.4 is 25.1 Å². The highest BCUT2D eigenvalue weighted by Gasteiger charge is 2.22. The van der Waals surface area contributed by atoms with Crippen molar-refractivity contribution in [2.75, 3.05) is 6.79 Å². The quantitative estimate of drug-likeness (QED) is 0.784. The Bertz CT molecular complexity index is 900. The number of halogens is 1. The molecule has 0 aliphatic carbocycles. The van der Waals surface area contributed by atoms with E-state index in [-0.39, 0.29) is 17.4 Å². The largest absolute Gasteiger partial charge is 0.481 e. The Morgan fingerprint density at radius 1 is 1.19 bits per heavy atom. The van der Waals surface area contributed by atoms with Crippen LogP contribution in [0.3, 0.4) is 0 Å². The molecule has 0 radical (unpaired) electrons. The van der Waals surface area contributed by atoms with Crippen LogP contribution in [0.15, 0.2) is 30.3 Å². The molecule has 3 rings (SSSR count). The first-order valence-corrected chi connectivity index (χ1v) is 8.67. The second kappa shape index (κ2) is 7.75. The van der Waals surface area contributed by atoms with Gasteiger partial charge in [-0.05, 0) is 50.1 Å². The molecule has 7 nitrogen and oxygen atoms in total. The molecule has 27 heavy (non-hydrogen) atoms. The third-order valence-electron chi connectivity index (χ3n) is 4.22. The molecule has 1 atom stereocenters. The zero-order valence-electron chi connectivity index (χ0n) is 15.1. The average molecular weight is 391 g/mol. The number of fused-ring (bicyclic) bond motifs is 1. The fourth-order valence-corrected chi connectivity index (χ4v) is 2.75. The minimum Gasteiger partial charge on any atom is -0.481 e. The van der Waals surface area contributed by atoms with E-state index < -0.39 is 17.9 Å². The molecule has 0 unspecified atom stereocenters. The summed E-state index contributed by atoms with van der Waals surface area (Å²) in [5, 5.41) is 0.258. The number of carbonyl (C=O) groups is 2. The van der Waals surface area contributed by atoms with Gasteiger partial charge in [0.2, 0.25) is 6.79 Å². The third-order valence-corrected chi connectivity index (χ3v) is 4.50.